The number of hydrogen-bond donors (Lipinski definition) is 1. The zero-order valence-electron chi connectivity index (χ0n) is 15.5. The third-order valence-electron chi connectivity index (χ3n) is 4.94. The molecule has 1 unspecified atom stereocenters. The van der Waals surface area contributed by atoms with Crippen LogP contribution in [0, 0.1) is 5.92 Å². The van der Waals surface area contributed by atoms with E-state index in [1.807, 2.05) is 32.0 Å². The highest BCUT2D eigenvalue weighted by atomic mass is 16.7. The van der Waals surface area contributed by atoms with Gasteiger partial charge in [-0.25, -0.2) is 0 Å². The number of nitrogens with zero attached hydrogens (tertiary/aromatic N) is 1. The molecular weight excluding hydrogens is 346 g/mol. The molecule has 4 rings (SSSR count). The van der Waals surface area contributed by atoms with Gasteiger partial charge in [0.05, 0.1) is 12.6 Å². The summed E-state index contributed by atoms with van der Waals surface area (Å²) in [6.45, 7) is 5.48. The van der Waals surface area contributed by atoms with Crippen molar-refractivity contribution in [2.75, 3.05) is 19.9 Å². The number of ether oxygens (including phenoxy) is 3. The predicted octanol–water partition coefficient (Wildman–Crippen LogP) is 3.14. The van der Waals surface area contributed by atoms with Crippen LogP contribution in [0.2, 0.25) is 0 Å². The van der Waals surface area contributed by atoms with Crippen LogP contribution in [0.3, 0.4) is 0 Å². The first-order valence-corrected chi connectivity index (χ1v) is 9.15. The highest BCUT2D eigenvalue weighted by molar-refractivity contribution is 5.95. The molecule has 2 aromatic carbocycles. The van der Waals surface area contributed by atoms with Crippen LogP contribution in [0.1, 0.15) is 41.4 Å². The predicted molar refractivity (Wildman–Crippen MR) is 99.0 cm³/mol. The molecule has 2 aliphatic rings. The number of amides is 1. The molecule has 6 nitrogen and oxygen atoms in total. The van der Waals surface area contributed by atoms with Gasteiger partial charge in [0.15, 0.2) is 11.5 Å². The minimum atomic E-state index is -0.545. The number of hydrogen-bond acceptors (Lipinski definition) is 5. The molecule has 0 saturated heterocycles. The first kappa shape index (κ1) is 17.7. The number of aliphatic hydroxyl groups excluding tert-OH is 1. The molecule has 0 saturated carbocycles. The Hall–Kier alpha value is -2.73. The molecule has 0 aliphatic carbocycles. The Balaban J connectivity index is 1.59. The van der Waals surface area contributed by atoms with E-state index < -0.39 is 6.10 Å². The fourth-order valence-electron chi connectivity index (χ4n) is 3.37. The Kier molecular flexibility index (Phi) is 4.66. The summed E-state index contributed by atoms with van der Waals surface area (Å²) >= 11 is 0. The van der Waals surface area contributed by atoms with Gasteiger partial charge in [0.1, 0.15) is 12.4 Å². The fourth-order valence-corrected chi connectivity index (χ4v) is 3.37. The third kappa shape index (κ3) is 3.45. The number of fused-ring (bicyclic) bond motifs is 2. The van der Waals surface area contributed by atoms with Gasteiger partial charge in [-0.15, -0.1) is 0 Å². The Labute approximate surface area is 158 Å². The van der Waals surface area contributed by atoms with Crippen molar-refractivity contribution < 1.29 is 24.1 Å². The van der Waals surface area contributed by atoms with E-state index in [1.54, 1.807) is 23.1 Å². The van der Waals surface area contributed by atoms with Crippen molar-refractivity contribution >= 4 is 5.91 Å². The summed E-state index contributed by atoms with van der Waals surface area (Å²) in [4.78, 5) is 14.8. The van der Waals surface area contributed by atoms with Crippen LogP contribution in [0.5, 0.6) is 17.2 Å². The minimum absolute atomic E-state index is 0.0837. The van der Waals surface area contributed by atoms with Crippen LogP contribution in [0.25, 0.3) is 0 Å². The molecule has 1 atom stereocenters. The van der Waals surface area contributed by atoms with Gasteiger partial charge in [0.25, 0.3) is 5.91 Å². The van der Waals surface area contributed by atoms with Crippen molar-refractivity contribution in [2.45, 2.75) is 26.5 Å². The van der Waals surface area contributed by atoms with Gasteiger partial charge in [0, 0.05) is 17.7 Å². The second-order valence-electron chi connectivity index (χ2n) is 7.20. The number of carbonyl (C=O) groups excluding carboxylic acids is 1. The van der Waals surface area contributed by atoms with Crippen LogP contribution >= 0.6 is 0 Å². The van der Waals surface area contributed by atoms with Crippen LogP contribution in [-0.2, 0) is 6.54 Å². The van der Waals surface area contributed by atoms with E-state index >= 15 is 0 Å². The molecule has 0 spiro atoms. The standard InChI is InChI=1S/C21H23NO5/c1-13(2)20(23)14-3-5-17-16(9-14)11-22(7-8-25-17)21(24)15-4-6-18-19(10-15)27-12-26-18/h3-6,9-10,13,20,23H,7-8,11-12H2,1-2H3. The van der Waals surface area contributed by atoms with Gasteiger partial charge in [-0.05, 0) is 41.8 Å². The third-order valence-corrected chi connectivity index (χ3v) is 4.94. The lowest BCUT2D eigenvalue weighted by Gasteiger charge is -2.21. The Morgan fingerprint density at radius 3 is 2.63 bits per heavy atom. The van der Waals surface area contributed by atoms with Gasteiger partial charge >= 0.3 is 0 Å². The van der Waals surface area contributed by atoms with Crippen molar-refractivity contribution in [3.63, 3.8) is 0 Å². The van der Waals surface area contributed by atoms with Gasteiger partial charge in [-0.2, -0.15) is 0 Å². The van der Waals surface area contributed by atoms with Gasteiger partial charge in [0.2, 0.25) is 6.79 Å². The van der Waals surface area contributed by atoms with Crippen LogP contribution in [-0.4, -0.2) is 35.9 Å². The average Bonchev–Trinajstić information content (AvgIpc) is 3.04. The summed E-state index contributed by atoms with van der Waals surface area (Å²) in [5.41, 5.74) is 2.30. The first-order chi connectivity index (χ1) is 13.0. The molecular formula is C21H23NO5. The number of carbonyl (C=O) groups is 1. The van der Waals surface area contributed by atoms with Crippen molar-refractivity contribution in [1.29, 1.82) is 0 Å². The van der Waals surface area contributed by atoms with Crippen LogP contribution in [0.15, 0.2) is 36.4 Å². The summed E-state index contributed by atoms with van der Waals surface area (Å²) in [6, 6.07) is 10.9. The quantitative estimate of drug-likeness (QED) is 0.900. The Morgan fingerprint density at radius 2 is 1.81 bits per heavy atom. The summed E-state index contributed by atoms with van der Waals surface area (Å²) in [5, 5.41) is 10.4. The topological polar surface area (TPSA) is 68.2 Å². The largest absolute Gasteiger partial charge is 0.491 e. The van der Waals surface area contributed by atoms with Crippen LogP contribution < -0.4 is 14.2 Å². The van der Waals surface area contributed by atoms with Crippen molar-refractivity contribution in [1.82, 2.24) is 4.90 Å². The molecule has 0 bridgehead atoms. The van der Waals surface area contributed by atoms with E-state index in [-0.39, 0.29) is 18.6 Å². The number of aliphatic hydroxyl groups is 1. The van der Waals surface area contributed by atoms with E-state index in [0.717, 1.165) is 16.9 Å². The summed E-state index contributed by atoms with van der Waals surface area (Å²) in [6.07, 6.45) is -0.545. The normalized spacial score (nSPS) is 16.5. The maximum absolute atomic E-state index is 13.0. The summed E-state index contributed by atoms with van der Waals surface area (Å²) < 4.78 is 16.5. The molecule has 0 radical (unpaired) electrons. The molecule has 142 valence electrons. The monoisotopic (exact) mass is 369 g/mol. The molecule has 1 amide bonds. The average molecular weight is 369 g/mol. The van der Waals surface area contributed by atoms with E-state index in [2.05, 4.69) is 0 Å². The highest BCUT2D eigenvalue weighted by Crippen LogP contribution is 2.34. The van der Waals surface area contributed by atoms with Gasteiger partial charge in [-0.3, -0.25) is 4.79 Å². The molecule has 1 N–H and O–H groups in total. The Bertz CT molecular complexity index is 864. The minimum Gasteiger partial charge on any atom is -0.491 e. The first-order valence-electron chi connectivity index (χ1n) is 9.15. The van der Waals surface area contributed by atoms with Crippen molar-refractivity contribution in [2.24, 2.45) is 5.92 Å². The van der Waals surface area contributed by atoms with Gasteiger partial charge < -0.3 is 24.2 Å². The fraction of sp³-hybridized carbons (Fsp3) is 0.381. The van der Waals surface area contributed by atoms with Crippen LogP contribution in [0.4, 0.5) is 0 Å². The molecule has 0 fully saturated rings. The van der Waals surface area contributed by atoms with E-state index in [4.69, 9.17) is 14.2 Å². The molecule has 6 heteroatoms. The smallest absolute Gasteiger partial charge is 0.254 e. The molecule has 2 aliphatic heterocycles. The van der Waals surface area contributed by atoms with Gasteiger partial charge in [-0.1, -0.05) is 19.9 Å². The SMILES string of the molecule is CC(C)C(O)c1ccc2c(c1)CN(C(=O)c1ccc3c(c1)OCO3)CCO2. The number of benzene rings is 2. The lowest BCUT2D eigenvalue weighted by Crippen LogP contribution is -2.32. The maximum atomic E-state index is 13.0. The second-order valence-corrected chi connectivity index (χ2v) is 7.20. The Morgan fingerprint density at radius 1 is 1.04 bits per heavy atom. The molecule has 27 heavy (non-hydrogen) atoms. The van der Waals surface area contributed by atoms with Crippen molar-refractivity contribution in [3.05, 3.63) is 53.1 Å². The molecule has 0 aromatic heterocycles. The lowest BCUT2D eigenvalue weighted by atomic mass is 9.97. The summed E-state index contributed by atoms with van der Waals surface area (Å²) in [7, 11) is 0. The summed E-state index contributed by atoms with van der Waals surface area (Å²) in [5.74, 6) is 2.04. The highest BCUT2D eigenvalue weighted by Gasteiger charge is 2.24. The lowest BCUT2D eigenvalue weighted by molar-refractivity contribution is 0.0732. The molecule has 2 heterocycles. The maximum Gasteiger partial charge on any atom is 0.254 e. The van der Waals surface area contributed by atoms with E-state index in [9.17, 15) is 9.90 Å². The van der Waals surface area contributed by atoms with E-state index in [0.29, 0.717) is 36.8 Å². The van der Waals surface area contributed by atoms with Crippen molar-refractivity contribution in [3.8, 4) is 17.2 Å². The second kappa shape index (κ2) is 7.12. The molecule has 2 aromatic rings. The zero-order valence-corrected chi connectivity index (χ0v) is 15.5. The number of rotatable bonds is 3. The zero-order chi connectivity index (χ0) is 19.0. The van der Waals surface area contributed by atoms with E-state index in [1.165, 1.54) is 0 Å².